The molecule has 0 radical (unpaired) electrons. The number of carbonyl (C=O) groups is 1. The number of pyridine rings is 1. The van der Waals surface area contributed by atoms with Gasteiger partial charge in [-0.25, -0.2) is 4.98 Å². The highest BCUT2D eigenvalue weighted by Crippen LogP contribution is 2.27. The molecule has 0 bridgehead atoms. The van der Waals surface area contributed by atoms with Crippen LogP contribution < -0.4 is 5.32 Å². The van der Waals surface area contributed by atoms with Crippen LogP contribution in [0, 0.1) is 27.7 Å². The van der Waals surface area contributed by atoms with Gasteiger partial charge in [0.25, 0.3) is 5.91 Å². The first-order chi connectivity index (χ1) is 13.9. The predicted molar refractivity (Wildman–Crippen MR) is 121 cm³/mol. The molecule has 3 nitrogen and oxygen atoms in total. The van der Waals surface area contributed by atoms with E-state index in [0.717, 1.165) is 39.0 Å². The molecule has 1 amide bonds. The summed E-state index contributed by atoms with van der Waals surface area (Å²) in [5.41, 5.74) is 8.69. The van der Waals surface area contributed by atoms with Crippen LogP contribution in [-0.2, 0) is 0 Å². The van der Waals surface area contributed by atoms with Crippen LogP contribution in [0.1, 0.15) is 32.6 Å². The van der Waals surface area contributed by atoms with Crippen LogP contribution in [-0.4, -0.2) is 10.9 Å². The maximum atomic E-state index is 13.3. The second-order valence-electron chi connectivity index (χ2n) is 7.64. The van der Waals surface area contributed by atoms with Gasteiger partial charge in [0, 0.05) is 16.6 Å². The molecule has 0 atom stereocenters. The summed E-state index contributed by atoms with van der Waals surface area (Å²) in [6.07, 6.45) is 0. The van der Waals surface area contributed by atoms with Gasteiger partial charge < -0.3 is 5.32 Å². The zero-order valence-corrected chi connectivity index (χ0v) is 17.2. The van der Waals surface area contributed by atoms with E-state index in [-0.39, 0.29) is 5.91 Å². The Balaban J connectivity index is 1.83. The Labute approximate surface area is 171 Å². The molecule has 0 spiro atoms. The average Bonchev–Trinajstić information content (AvgIpc) is 2.72. The fourth-order valence-electron chi connectivity index (χ4n) is 3.47. The number of carbonyl (C=O) groups excluding carboxylic acids is 1. The van der Waals surface area contributed by atoms with Crippen molar-refractivity contribution in [1.29, 1.82) is 0 Å². The minimum atomic E-state index is -0.123. The number of benzene rings is 3. The number of rotatable bonds is 3. The summed E-state index contributed by atoms with van der Waals surface area (Å²) in [5, 5.41) is 3.94. The SMILES string of the molecule is Cc1ccc(C)c(NC(=O)c2cc(-c3ccc(C)c(C)c3)nc3ccccc23)c1. The molecule has 4 rings (SSSR count). The van der Waals surface area contributed by atoms with Gasteiger partial charge in [0.1, 0.15) is 0 Å². The van der Waals surface area contributed by atoms with E-state index in [1.54, 1.807) is 0 Å². The lowest BCUT2D eigenvalue weighted by Gasteiger charge is -2.13. The molecule has 3 heteroatoms. The first-order valence-electron chi connectivity index (χ1n) is 9.78. The van der Waals surface area contributed by atoms with Gasteiger partial charge in [0.2, 0.25) is 0 Å². The van der Waals surface area contributed by atoms with E-state index in [4.69, 9.17) is 4.98 Å². The van der Waals surface area contributed by atoms with Gasteiger partial charge in [0.15, 0.2) is 0 Å². The lowest BCUT2D eigenvalue weighted by molar-refractivity contribution is 0.102. The van der Waals surface area contributed by atoms with Gasteiger partial charge in [-0.3, -0.25) is 4.79 Å². The third kappa shape index (κ3) is 3.77. The van der Waals surface area contributed by atoms with Gasteiger partial charge >= 0.3 is 0 Å². The van der Waals surface area contributed by atoms with Crippen LogP contribution in [0.15, 0.2) is 66.7 Å². The van der Waals surface area contributed by atoms with E-state index < -0.39 is 0 Å². The van der Waals surface area contributed by atoms with Crippen molar-refractivity contribution in [2.45, 2.75) is 27.7 Å². The molecule has 1 aromatic heterocycles. The number of hydrogen-bond donors (Lipinski definition) is 1. The number of aryl methyl sites for hydroxylation is 4. The number of anilines is 1. The number of fused-ring (bicyclic) bond motifs is 1. The Bertz CT molecular complexity index is 1240. The molecule has 0 saturated heterocycles. The molecule has 0 unspecified atom stereocenters. The van der Waals surface area contributed by atoms with Crippen molar-refractivity contribution < 1.29 is 4.79 Å². The number of aromatic nitrogens is 1. The maximum Gasteiger partial charge on any atom is 0.256 e. The minimum Gasteiger partial charge on any atom is -0.322 e. The van der Waals surface area contributed by atoms with E-state index in [0.29, 0.717) is 5.56 Å². The Morgan fingerprint density at radius 2 is 1.55 bits per heavy atom. The summed E-state index contributed by atoms with van der Waals surface area (Å²) < 4.78 is 0. The van der Waals surface area contributed by atoms with Crippen LogP contribution in [0.2, 0.25) is 0 Å². The van der Waals surface area contributed by atoms with Crippen molar-refractivity contribution in [3.63, 3.8) is 0 Å². The molecular weight excluding hydrogens is 356 g/mol. The largest absolute Gasteiger partial charge is 0.322 e. The lowest BCUT2D eigenvalue weighted by atomic mass is 10.0. The second kappa shape index (κ2) is 7.51. The molecule has 1 N–H and O–H groups in total. The molecule has 0 aliphatic carbocycles. The van der Waals surface area contributed by atoms with Gasteiger partial charge in [-0.15, -0.1) is 0 Å². The van der Waals surface area contributed by atoms with Crippen molar-refractivity contribution in [2.24, 2.45) is 0 Å². The fraction of sp³-hybridized carbons (Fsp3) is 0.154. The molecule has 0 aliphatic rings. The van der Waals surface area contributed by atoms with E-state index in [9.17, 15) is 4.79 Å². The molecule has 0 saturated carbocycles. The molecule has 4 aromatic rings. The second-order valence-corrected chi connectivity index (χ2v) is 7.64. The quantitative estimate of drug-likeness (QED) is 0.447. The van der Waals surface area contributed by atoms with Crippen LogP contribution >= 0.6 is 0 Å². The average molecular weight is 380 g/mol. The van der Waals surface area contributed by atoms with Gasteiger partial charge in [-0.2, -0.15) is 0 Å². The van der Waals surface area contributed by atoms with Gasteiger partial charge in [0.05, 0.1) is 16.8 Å². The van der Waals surface area contributed by atoms with Crippen molar-refractivity contribution in [3.8, 4) is 11.3 Å². The first-order valence-corrected chi connectivity index (χ1v) is 9.78. The number of para-hydroxylation sites is 1. The summed E-state index contributed by atoms with van der Waals surface area (Å²) in [4.78, 5) is 18.1. The zero-order valence-electron chi connectivity index (χ0n) is 17.2. The van der Waals surface area contributed by atoms with Crippen LogP contribution in [0.3, 0.4) is 0 Å². The zero-order chi connectivity index (χ0) is 20.5. The molecule has 3 aromatic carbocycles. The van der Waals surface area contributed by atoms with Crippen LogP contribution in [0.5, 0.6) is 0 Å². The third-order valence-electron chi connectivity index (χ3n) is 5.40. The van der Waals surface area contributed by atoms with Crippen molar-refractivity contribution >= 4 is 22.5 Å². The standard InChI is InChI=1S/C26H24N2O/c1-16-9-10-18(3)24(13-16)28-26(29)22-15-25(20-12-11-17(2)19(4)14-20)27-23-8-6-5-7-21(22)23/h5-15H,1-4H3,(H,28,29). The van der Waals surface area contributed by atoms with Crippen molar-refractivity contribution in [2.75, 3.05) is 5.32 Å². The third-order valence-corrected chi connectivity index (χ3v) is 5.40. The molecular formula is C26H24N2O. The van der Waals surface area contributed by atoms with Gasteiger partial charge in [-0.05, 0) is 74.2 Å². The number of hydrogen-bond acceptors (Lipinski definition) is 2. The Morgan fingerprint density at radius 3 is 2.34 bits per heavy atom. The summed E-state index contributed by atoms with van der Waals surface area (Å²) in [6.45, 7) is 8.21. The highest BCUT2D eigenvalue weighted by Gasteiger charge is 2.15. The summed E-state index contributed by atoms with van der Waals surface area (Å²) >= 11 is 0. The summed E-state index contributed by atoms with van der Waals surface area (Å²) in [5.74, 6) is -0.123. The van der Waals surface area contributed by atoms with E-state index in [1.165, 1.54) is 11.1 Å². The molecule has 1 heterocycles. The predicted octanol–water partition coefficient (Wildman–Crippen LogP) is 6.39. The van der Waals surface area contributed by atoms with Crippen molar-refractivity contribution in [1.82, 2.24) is 4.98 Å². The molecule has 0 fully saturated rings. The Morgan fingerprint density at radius 1 is 0.793 bits per heavy atom. The lowest BCUT2D eigenvalue weighted by Crippen LogP contribution is -2.14. The molecule has 29 heavy (non-hydrogen) atoms. The number of nitrogens with zero attached hydrogens (tertiary/aromatic N) is 1. The highest BCUT2D eigenvalue weighted by atomic mass is 16.1. The summed E-state index contributed by atoms with van der Waals surface area (Å²) in [6, 6.07) is 22.0. The van der Waals surface area contributed by atoms with E-state index >= 15 is 0 Å². The Kier molecular flexibility index (Phi) is 4.89. The van der Waals surface area contributed by atoms with Crippen LogP contribution in [0.25, 0.3) is 22.2 Å². The molecule has 0 aliphatic heterocycles. The number of amides is 1. The molecule has 144 valence electrons. The highest BCUT2D eigenvalue weighted by molar-refractivity contribution is 6.13. The monoisotopic (exact) mass is 380 g/mol. The van der Waals surface area contributed by atoms with E-state index in [2.05, 4.69) is 37.4 Å². The summed E-state index contributed by atoms with van der Waals surface area (Å²) in [7, 11) is 0. The van der Waals surface area contributed by atoms with E-state index in [1.807, 2.05) is 62.4 Å². The maximum absolute atomic E-state index is 13.3. The first kappa shape index (κ1) is 18.9. The Hall–Kier alpha value is -3.46. The topological polar surface area (TPSA) is 42.0 Å². The normalized spacial score (nSPS) is 10.9. The van der Waals surface area contributed by atoms with Crippen molar-refractivity contribution in [3.05, 3.63) is 94.5 Å². The van der Waals surface area contributed by atoms with Crippen LogP contribution in [0.4, 0.5) is 5.69 Å². The fourth-order valence-corrected chi connectivity index (χ4v) is 3.47. The van der Waals surface area contributed by atoms with Gasteiger partial charge in [-0.1, -0.05) is 42.5 Å². The number of nitrogens with one attached hydrogen (secondary N) is 1. The minimum absolute atomic E-state index is 0.123. The smallest absolute Gasteiger partial charge is 0.256 e.